The van der Waals surface area contributed by atoms with Gasteiger partial charge in [-0.1, -0.05) is 0 Å². The third kappa shape index (κ3) is 3.08. The number of benzene rings is 1. The molecule has 74 valence electrons. The molecule has 1 rings (SSSR count). The average molecular weight is 189 g/mol. The molecule has 0 spiro atoms. The maximum absolute atomic E-state index is 8.76. The first kappa shape index (κ1) is 10.6. The third-order valence-electron chi connectivity index (χ3n) is 1.92. The number of nitrogens with zero attached hydrogens (tertiary/aromatic N) is 1. The number of nitrogens with two attached hydrogens (primary N) is 1. The number of hydrogen-bond donors (Lipinski definition) is 2. The Morgan fingerprint density at radius 2 is 2.21 bits per heavy atom. The maximum atomic E-state index is 8.76. The van der Waals surface area contributed by atoms with Gasteiger partial charge in [0.25, 0.3) is 0 Å². The lowest BCUT2D eigenvalue weighted by Gasteiger charge is -2.06. The fourth-order valence-corrected chi connectivity index (χ4v) is 1.28. The highest BCUT2D eigenvalue weighted by molar-refractivity contribution is 5.51. The first-order chi connectivity index (χ1) is 6.76. The van der Waals surface area contributed by atoms with Gasteiger partial charge in [-0.25, -0.2) is 0 Å². The molecule has 0 amide bonds. The zero-order valence-corrected chi connectivity index (χ0v) is 8.38. The third-order valence-corrected chi connectivity index (χ3v) is 1.92. The quantitative estimate of drug-likeness (QED) is 0.707. The average Bonchev–Trinajstić information content (AvgIpc) is 2.17. The fraction of sp³-hybridized carbons (Fsp3) is 0.364. The van der Waals surface area contributed by atoms with E-state index in [-0.39, 0.29) is 0 Å². The molecule has 0 aliphatic carbocycles. The molecule has 14 heavy (non-hydrogen) atoms. The van der Waals surface area contributed by atoms with Crippen LogP contribution in [0.2, 0.25) is 0 Å². The molecule has 0 radical (unpaired) electrons. The van der Waals surface area contributed by atoms with Crippen molar-refractivity contribution in [2.75, 3.05) is 18.4 Å². The van der Waals surface area contributed by atoms with Crippen molar-refractivity contribution in [2.45, 2.75) is 13.3 Å². The van der Waals surface area contributed by atoms with E-state index in [9.17, 15) is 0 Å². The van der Waals surface area contributed by atoms with E-state index in [4.69, 9.17) is 11.0 Å². The molecule has 0 aromatic heterocycles. The summed E-state index contributed by atoms with van der Waals surface area (Å²) in [5.41, 5.74) is 8.17. The Kier molecular flexibility index (Phi) is 3.96. The van der Waals surface area contributed by atoms with Crippen molar-refractivity contribution < 1.29 is 0 Å². The van der Waals surface area contributed by atoms with Crippen molar-refractivity contribution in [1.82, 2.24) is 0 Å². The lowest BCUT2D eigenvalue weighted by molar-refractivity contribution is 0.874. The Bertz CT molecular complexity index is 339. The van der Waals surface area contributed by atoms with E-state index >= 15 is 0 Å². The molecule has 3 N–H and O–H groups in total. The minimum Gasteiger partial charge on any atom is -0.385 e. The molecule has 0 saturated carbocycles. The monoisotopic (exact) mass is 189 g/mol. The molecule has 0 saturated heterocycles. The van der Waals surface area contributed by atoms with Crippen molar-refractivity contribution in [3.05, 3.63) is 29.3 Å². The highest BCUT2D eigenvalue weighted by Gasteiger charge is 1.96. The Balaban J connectivity index is 2.68. The molecule has 0 heterocycles. The van der Waals surface area contributed by atoms with Crippen LogP contribution in [0.1, 0.15) is 17.5 Å². The summed E-state index contributed by atoms with van der Waals surface area (Å²) >= 11 is 0. The Morgan fingerprint density at radius 3 is 2.86 bits per heavy atom. The van der Waals surface area contributed by atoms with Gasteiger partial charge >= 0.3 is 0 Å². The van der Waals surface area contributed by atoms with Crippen LogP contribution >= 0.6 is 0 Å². The molecule has 3 heteroatoms. The van der Waals surface area contributed by atoms with Crippen LogP contribution in [-0.4, -0.2) is 13.1 Å². The van der Waals surface area contributed by atoms with Crippen LogP contribution in [0.3, 0.4) is 0 Å². The number of nitrogens with one attached hydrogen (secondary N) is 1. The summed E-state index contributed by atoms with van der Waals surface area (Å²) in [5, 5.41) is 12.0. The lowest BCUT2D eigenvalue weighted by atomic mass is 10.1. The van der Waals surface area contributed by atoms with Gasteiger partial charge in [0.2, 0.25) is 0 Å². The highest BCUT2D eigenvalue weighted by Crippen LogP contribution is 2.13. The predicted molar refractivity (Wildman–Crippen MR) is 58.1 cm³/mol. The molecule has 1 aromatic rings. The highest BCUT2D eigenvalue weighted by atomic mass is 14.9. The van der Waals surface area contributed by atoms with Crippen LogP contribution in [-0.2, 0) is 0 Å². The Hall–Kier alpha value is -1.53. The molecule has 0 aliphatic rings. The van der Waals surface area contributed by atoms with Gasteiger partial charge in [-0.05, 0) is 43.7 Å². The predicted octanol–water partition coefficient (Wildman–Crippen LogP) is 1.63. The fourth-order valence-electron chi connectivity index (χ4n) is 1.28. The van der Waals surface area contributed by atoms with Gasteiger partial charge in [-0.3, -0.25) is 0 Å². The second kappa shape index (κ2) is 5.25. The molecule has 0 aliphatic heterocycles. The van der Waals surface area contributed by atoms with Crippen LogP contribution in [0, 0.1) is 18.3 Å². The van der Waals surface area contributed by atoms with Crippen LogP contribution < -0.4 is 11.1 Å². The van der Waals surface area contributed by atoms with Crippen LogP contribution in [0.4, 0.5) is 5.69 Å². The summed E-state index contributed by atoms with van der Waals surface area (Å²) in [6.07, 6.45) is 0.940. The summed E-state index contributed by atoms with van der Waals surface area (Å²) < 4.78 is 0. The second-order valence-electron chi connectivity index (χ2n) is 3.27. The molecule has 3 nitrogen and oxygen atoms in total. The van der Waals surface area contributed by atoms with Crippen molar-refractivity contribution in [3.8, 4) is 6.07 Å². The number of aryl methyl sites for hydroxylation is 1. The van der Waals surface area contributed by atoms with E-state index in [1.165, 1.54) is 0 Å². The van der Waals surface area contributed by atoms with Crippen molar-refractivity contribution >= 4 is 5.69 Å². The van der Waals surface area contributed by atoms with Crippen LogP contribution in [0.5, 0.6) is 0 Å². The van der Waals surface area contributed by atoms with E-state index in [0.29, 0.717) is 12.1 Å². The number of rotatable bonds is 4. The number of nitriles is 1. The molecule has 0 atom stereocenters. The standard InChI is InChI=1S/C11H15N3/c1-9-5-10(8-13)7-11(6-9)14-4-2-3-12/h5-7,14H,2-4,12H2,1H3. The molecular weight excluding hydrogens is 174 g/mol. The van der Waals surface area contributed by atoms with Gasteiger partial charge in [0, 0.05) is 12.2 Å². The van der Waals surface area contributed by atoms with E-state index in [1.54, 1.807) is 0 Å². The SMILES string of the molecule is Cc1cc(C#N)cc(NCCCN)c1. The summed E-state index contributed by atoms with van der Waals surface area (Å²) in [6.45, 7) is 3.52. The summed E-state index contributed by atoms with van der Waals surface area (Å²) in [4.78, 5) is 0. The molecule has 0 fully saturated rings. The Morgan fingerprint density at radius 1 is 1.43 bits per heavy atom. The number of anilines is 1. The maximum Gasteiger partial charge on any atom is 0.0992 e. The largest absolute Gasteiger partial charge is 0.385 e. The van der Waals surface area contributed by atoms with E-state index in [0.717, 1.165) is 24.2 Å². The van der Waals surface area contributed by atoms with Gasteiger partial charge in [-0.15, -0.1) is 0 Å². The summed E-state index contributed by atoms with van der Waals surface area (Å²) in [7, 11) is 0. The minimum atomic E-state index is 0.684. The zero-order chi connectivity index (χ0) is 10.4. The van der Waals surface area contributed by atoms with E-state index < -0.39 is 0 Å². The van der Waals surface area contributed by atoms with E-state index in [1.807, 2.05) is 25.1 Å². The van der Waals surface area contributed by atoms with Crippen molar-refractivity contribution in [1.29, 1.82) is 5.26 Å². The topological polar surface area (TPSA) is 61.8 Å². The molecule has 1 aromatic carbocycles. The van der Waals surface area contributed by atoms with Crippen molar-refractivity contribution in [2.24, 2.45) is 5.73 Å². The van der Waals surface area contributed by atoms with Crippen LogP contribution in [0.15, 0.2) is 18.2 Å². The normalized spacial score (nSPS) is 9.50. The minimum absolute atomic E-state index is 0.684. The van der Waals surface area contributed by atoms with Crippen molar-refractivity contribution in [3.63, 3.8) is 0 Å². The lowest BCUT2D eigenvalue weighted by Crippen LogP contribution is -2.08. The first-order valence-corrected chi connectivity index (χ1v) is 4.72. The smallest absolute Gasteiger partial charge is 0.0992 e. The van der Waals surface area contributed by atoms with Gasteiger partial charge in [0.15, 0.2) is 0 Å². The molecule has 0 unspecified atom stereocenters. The van der Waals surface area contributed by atoms with Gasteiger partial charge in [0.1, 0.15) is 0 Å². The van der Waals surface area contributed by atoms with Gasteiger partial charge in [-0.2, -0.15) is 5.26 Å². The first-order valence-electron chi connectivity index (χ1n) is 4.72. The molecular formula is C11H15N3. The van der Waals surface area contributed by atoms with Gasteiger partial charge in [0.05, 0.1) is 11.6 Å². The van der Waals surface area contributed by atoms with E-state index in [2.05, 4.69) is 11.4 Å². The summed E-state index contributed by atoms with van der Waals surface area (Å²) in [5.74, 6) is 0. The Labute approximate surface area is 84.5 Å². The zero-order valence-electron chi connectivity index (χ0n) is 8.38. The number of hydrogen-bond acceptors (Lipinski definition) is 3. The summed E-state index contributed by atoms with van der Waals surface area (Å²) in [6, 6.07) is 7.88. The second-order valence-corrected chi connectivity index (χ2v) is 3.27. The molecule has 0 bridgehead atoms. The van der Waals surface area contributed by atoms with Crippen LogP contribution in [0.25, 0.3) is 0 Å². The van der Waals surface area contributed by atoms with Gasteiger partial charge < -0.3 is 11.1 Å².